The van der Waals surface area contributed by atoms with E-state index in [-0.39, 0.29) is 12.1 Å². The van der Waals surface area contributed by atoms with E-state index in [9.17, 15) is 4.79 Å². The Balaban J connectivity index is 1.59. The second-order valence-corrected chi connectivity index (χ2v) is 6.26. The third-order valence-corrected chi connectivity index (χ3v) is 4.55. The Labute approximate surface area is 131 Å². The number of hydrogen-bond donors (Lipinski definition) is 1. The predicted molar refractivity (Wildman–Crippen MR) is 84.2 cm³/mol. The zero-order valence-electron chi connectivity index (χ0n) is 12.2. The van der Waals surface area contributed by atoms with Crippen molar-refractivity contribution in [2.24, 2.45) is 0 Å². The largest absolute Gasteiger partial charge is 0.322 e. The standard InChI is InChI=1S/C16H22ClN3O/c17-14-6-3-5-13(11-14)16-18-12-15(21)20(16)10-4-9-19-7-1-2-8-19/h3,5-6,11,16,18H,1-2,4,7-10,12H2. The molecule has 2 aliphatic heterocycles. The number of nitrogens with zero attached hydrogens (tertiary/aromatic N) is 2. The van der Waals surface area contributed by atoms with Crippen molar-refractivity contribution in [1.29, 1.82) is 0 Å². The summed E-state index contributed by atoms with van der Waals surface area (Å²) >= 11 is 6.06. The van der Waals surface area contributed by atoms with Crippen LogP contribution in [0.3, 0.4) is 0 Å². The predicted octanol–water partition coefficient (Wildman–Crippen LogP) is 2.26. The van der Waals surface area contributed by atoms with Crippen LogP contribution in [0.1, 0.15) is 31.0 Å². The third-order valence-electron chi connectivity index (χ3n) is 4.32. The Morgan fingerprint density at radius 1 is 1.24 bits per heavy atom. The van der Waals surface area contributed by atoms with Gasteiger partial charge in [-0.25, -0.2) is 0 Å². The van der Waals surface area contributed by atoms with Gasteiger partial charge in [0, 0.05) is 11.6 Å². The number of likely N-dealkylation sites (tertiary alicyclic amines) is 1. The molecule has 3 rings (SSSR count). The van der Waals surface area contributed by atoms with Gasteiger partial charge >= 0.3 is 0 Å². The minimum Gasteiger partial charge on any atom is -0.322 e. The number of amides is 1. The van der Waals surface area contributed by atoms with Crippen LogP contribution in [0.4, 0.5) is 0 Å². The van der Waals surface area contributed by atoms with Crippen molar-refractivity contribution in [3.63, 3.8) is 0 Å². The number of benzene rings is 1. The average molecular weight is 308 g/mol. The Morgan fingerprint density at radius 3 is 2.81 bits per heavy atom. The van der Waals surface area contributed by atoms with E-state index in [0.717, 1.165) is 25.1 Å². The summed E-state index contributed by atoms with van der Waals surface area (Å²) in [4.78, 5) is 16.5. The molecule has 1 aromatic rings. The van der Waals surface area contributed by atoms with E-state index in [1.165, 1.54) is 25.9 Å². The number of carbonyl (C=O) groups is 1. The van der Waals surface area contributed by atoms with Crippen LogP contribution in [0.25, 0.3) is 0 Å². The molecule has 1 aromatic carbocycles. The van der Waals surface area contributed by atoms with Gasteiger partial charge < -0.3 is 9.80 Å². The van der Waals surface area contributed by atoms with Crippen LogP contribution in [0.15, 0.2) is 24.3 Å². The molecule has 0 saturated carbocycles. The van der Waals surface area contributed by atoms with Gasteiger partial charge in [-0.15, -0.1) is 0 Å². The Morgan fingerprint density at radius 2 is 2.05 bits per heavy atom. The van der Waals surface area contributed by atoms with Gasteiger partial charge in [-0.1, -0.05) is 23.7 Å². The van der Waals surface area contributed by atoms with Crippen molar-refractivity contribution in [3.8, 4) is 0 Å². The highest BCUT2D eigenvalue weighted by Crippen LogP contribution is 2.25. The molecule has 0 radical (unpaired) electrons. The number of rotatable bonds is 5. The monoisotopic (exact) mass is 307 g/mol. The minimum atomic E-state index is -0.0326. The minimum absolute atomic E-state index is 0.0326. The fourth-order valence-corrected chi connectivity index (χ4v) is 3.44. The van der Waals surface area contributed by atoms with Crippen molar-refractivity contribution in [3.05, 3.63) is 34.9 Å². The molecule has 2 fully saturated rings. The number of carbonyl (C=O) groups excluding carboxylic acids is 1. The normalized spacial score (nSPS) is 23.2. The van der Waals surface area contributed by atoms with Crippen molar-refractivity contribution in [2.45, 2.75) is 25.4 Å². The average Bonchev–Trinajstić information content (AvgIpc) is 3.10. The molecule has 114 valence electrons. The molecule has 2 saturated heterocycles. The molecule has 0 aliphatic carbocycles. The molecule has 5 heteroatoms. The molecule has 2 heterocycles. The number of halogens is 1. The molecule has 2 aliphatic rings. The second-order valence-electron chi connectivity index (χ2n) is 5.83. The highest BCUT2D eigenvalue weighted by Gasteiger charge is 2.31. The van der Waals surface area contributed by atoms with E-state index < -0.39 is 0 Å². The molecule has 21 heavy (non-hydrogen) atoms. The van der Waals surface area contributed by atoms with Gasteiger partial charge in [0.25, 0.3) is 0 Å². The Kier molecular flexibility index (Phi) is 4.78. The molecular formula is C16H22ClN3O. The van der Waals surface area contributed by atoms with Crippen LogP contribution < -0.4 is 5.32 Å². The van der Waals surface area contributed by atoms with Crippen LogP contribution in [0, 0.1) is 0 Å². The van der Waals surface area contributed by atoms with Crippen molar-refractivity contribution >= 4 is 17.5 Å². The summed E-state index contributed by atoms with van der Waals surface area (Å²) in [6.45, 7) is 4.74. The zero-order chi connectivity index (χ0) is 14.7. The highest BCUT2D eigenvalue weighted by molar-refractivity contribution is 6.30. The second kappa shape index (κ2) is 6.77. The van der Waals surface area contributed by atoms with Crippen LogP contribution >= 0.6 is 11.6 Å². The molecule has 1 atom stereocenters. The fourth-order valence-electron chi connectivity index (χ4n) is 3.24. The maximum atomic E-state index is 12.1. The Bertz CT molecular complexity index is 502. The lowest BCUT2D eigenvalue weighted by molar-refractivity contribution is -0.128. The van der Waals surface area contributed by atoms with Crippen LogP contribution in [-0.4, -0.2) is 48.4 Å². The lowest BCUT2D eigenvalue weighted by atomic mass is 10.1. The summed E-state index contributed by atoms with van der Waals surface area (Å²) in [5, 5.41) is 4.00. The van der Waals surface area contributed by atoms with E-state index in [4.69, 9.17) is 11.6 Å². The Hall–Kier alpha value is -1.10. The topological polar surface area (TPSA) is 35.6 Å². The number of hydrogen-bond acceptors (Lipinski definition) is 3. The van der Waals surface area contributed by atoms with Gasteiger partial charge in [0.05, 0.1) is 6.54 Å². The first-order valence-electron chi connectivity index (χ1n) is 7.75. The summed E-state index contributed by atoms with van der Waals surface area (Å²) < 4.78 is 0. The number of nitrogens with one attached hydrogen (secondary N) is 1. The summed E-state index contributed by atoms with van der Waals surface area (Å²) in [5.41, 5.74) is 1.06. The fraction of sp³-hybridized carbons (Fsp3) is 0.562. The molecule has 1 N–H and O–H groups in total. The van der Waals surface area contributed by atoms with E-state index in [1.54, 1.807) is 0 Å². The molecule has 4 nitrogen and oxygen atoms in total. The van der Waals surface area contributed by atoms with Gasteiger partial charge in [0.15, 0.2) is 0 Å². The molecule has 1 unspecified atom stereocenters. The van der Waals surface area contributed by atoms with E-state index in [2.05, 4.69) is 10.2 Å². The molecule has 0 aromatic heterocycles. The molecular weight excluding hydrogens is 286 g/mol. The molecule has 0 bridgehead atoms. The maximum Gasteiger partial charge on any atom is 0.238 e. The van der Waals surface area contributed by atoms with Gasteiger partial charge in [0.2, 0.25) is 5.91 Å². The van der Waals surface area contributed by atoms with E-state index >= 15 is 0 Å². The lowest BCUT2D eigenvalue weighted by Gasteiger charge is -2.26. The van der Waals surface area contributed by atoms with Crippen LogP contribution in [0.2, 0.25) is 5.02 Å². The van der Waals surface area contributed by atoms with Gasteiger partial charge in [0.1, 0.15) is 6.17 Å². The van der Waals surface area contributed by atoms with E-state index in [1.807, 2.05) is 29.2 Å². The van der Waals surface area contributed by atoms with Crippen molar-refractivity contribution in [2.75, 3.05) is 32.7 Å². The summed E-state index contributed by atoms with van der Waals surface area (Å²) in [7, 11) is 0. The van der Waals surface area contributed by atoms with Crippen molar-refractivity contribution in [1.82, 2.24) is 15.1 Å². The highest BCUT2D eigenvalue weighted by atomic mass is 35.5. The molecule has 0 spiro atoms. The van der Waals surface area contributed by atoms with Gasteiger partial charge in [-0.2, -0.15) is 0 Å². The van der Waals surface area contributed by atoms with Crippen LogP contribution in [0.5, 0.6) is 0 Å². The maximum absolute atomic E-state index is 12.1. The first kappa shape index (κ1) is 14.8. The summed E-state index contributed by atoms with van der Waals surface area (Å²) in [5.74, 6) is 0.182. The molecule has 1 amide bonds. The first-order valence-corrected chi connectivity index (χ1v) is 8.12. The summed E-state index contributed by atoms with van der Waals surface area (Å²) in [6, 6.07) is 7.75. The SMILES string of the molecule is O=C1CNC(c2cccc(Cl)c2)N1CCCN1CCCC1. The summed E-state index contributed by atoms with van der Waals surface area (Å²) in [6.07, 6.45) is 3.63. The zero-order valence-corrected chi connectivity index (χ0v) is 13.0. The lowest BCUT2D eigenvalue weighted by Crippen LogP contribution is -2.33. The first-order chi connectivity index (χ1) is 10.2. The quantitative estimate of drug-likeness (QED) is 0.906. The van der Waals surface area contributed by atoms with Crippen LogP contribution in [-0.2, 0) is 4.79 Å². The smallest absolute Gasteiger partial charge is 0.238 e. The van der Waals surface area contributed by atoms with Gasteiger partial charge in [-0.05, 0) is 56.6 Å². The van der Waals surface area contributed by atoms with Gasteiger partial charge in [-0.3, -0.25) is 10.1 Å². The van der Waals surface area contributed by atoms with Crippen molar-refractivity contribution < 1.29 is 4.79 Å². The third kappa shape index (κ3) is 3.57. The van der Waals surface area contributed by atoms with E-state index in [0.29, 0.717) is 11.6 Å².